The number of amides is 1. The maximum Gasteiger partial charge on any atom is 0.471 e. The first-order chi connectivity index (χ1) is 16.1. The van der Waals surface area contributed by atoms with Gasteiger partial charge < -0.3 is 19.2 Å². The summed E-state index contributed by atoms with van der Waals surface area (Å²) < 4.78 is 55.6. The highest BCUT2D eigenvalue weighted by molar-refractivity contribution is 6.74. The van der Waals surface area contributed by atoms with E-state index in [1.807, 2.05) is 0 Å². The molecule has 9 nitrogen and oxygen atoms in total. The van der Waals surface area contributed by atoms with Crippen LogP contribution in [-0.4, -0.2) is 61.4 Å². The lowest BCUT2D eigenvalue weighted by atomic mass is 10.2. The molecule has 3 atom stereocenters. The number of rotatable bonds is 7. The number of nitrogens with one attached hydrogen (secondary N) is 2. The average molecular weight is 540 g/mol. The van der Waals surface area contributed by atoms with E-state index in [9.17, 15) is 27.6 Å². The van der Waals surface area contributed by atoms with Gasteiger partial charge in [-0.25, -0.2) is 4.79 Å². The summed E-state index contributed by atoms with van der Waals surface area (Å²) in [6.45, 7) is 10.0. The van der Waals surface area contributed by atoms with Crippen LogP contribution in [0, 0.1) is 11.8 Å². The van der Waals surface area contributed by atoms with Crippen LogP contribution in [0.1, 0.15) is 39.0 Å². The highest BCUT2D eigenvalue weighted by Gasteiger charge is 2.42. The Balaban J connectivity index is 2.20. The molecule has 1 aliphatic rings. The molecule has 1 aromatic rings. The molecule has 1 unspecified atom stereocenters. The molecule has 14 heteroatoms. The maximum absolute atomic E-state index is 12.4. The van der Waals surface area contributed by atoms with E-state index >= 15 is 0 Å². The molecular weight excluding hydrogens is 511 g/mol. The number of H-pyrrole nitrogens is 1. The van der Waals surface area contributed by atoms with E-state index in [0.29, 0.717) is 0 Å². The average Bonchev–Trinajstić information content (AvgIpc) is 3.12. The molecule has 2 heterocycles. The van der Waals surface area contributed by atoms with Crippen molar-refractivity contribution in [1.82, 2.24) is 14.9 Å². The molecule has 1 aliphatic heterocycles. The van der Waals surface area contributed by atoms with Crippen molar-refractivity contribution in [2.45, 2.75) is 69.9 Å². The lowest BCUT2D eigenvalue weighted by Gasteiger charge is -2.37. The minimum absolute atomic E-state index is 0.0309. The van der Waals surface area contributed by atoms with Gasteiger partial charge in [-0.15, -0.1) is 0 Å². The van der Waals surface area contributed by atoms with Gasteiger partial charge in [0.05, 0.1) is 19.3 Å². The zero-order valence-corrected chi connectivity index (χ0v) is 21.8. The minimum atomic E-state index is -5.04. The SMILES string of the molecule is CC(C)(C)[Si](C)(C)OC[C@H]1O[C@@H](n2cc(C#CCNC(=O)C(F)(F)F)c(=O)[nH]c2=O)CC1OCCl. The number of aromatic nitrogens is 2. The largest absolute Gasteiger partial charge is 0.471 e. The second kappa shape index (κ2) is 11.3. The monoisotopic (exact) mass is 539 g/mol. The molecule has 1 aromatic heterocycles. The van der Waals surface area contributed by atoms with Gasteiger partial charge in [-0.3, -0.25) is 19.1 Å². The third kappa shape index (κ3) is 7.68. The third-order valence-corrected chi connectivity index (χ3v) is 10.6. The zero-order valence-electron chi connectivity index (χ0n) is 20.0. The molecule has 0 spiro atoms. The van der Waals surface area contributed by atoms with Crippen LogP contribution in [0.4, 0.5) is 13.2 Å². The van der Waals surface area contributed by atoms with Crippen molar-refractivity contribution in [3.05, 3.63) is 32.6 Å². The molecule has 1 saturated heterocycles. The number of alkyl halides is 4. The molecule has 2 rings (SSSR count). The number of ether oxygens (including phenoxy) is 2. The standard InChI is InChI=1S/C21H29ClF3N3O6Si/c1-20(2,3)35(4,5)33-11-15-14(32-12-22)9-16(34-15)28-10-13(17(29)27-19(28)31)7-6-8-26-18(30)21(23,24)25/h10,14-16H,8-9,11-12H2,1-5H3,(H,26,30)(H,27,29,31)/t14?,15-,16-/m1/s1. The summed E-state index contributed by atoms with van der Waals surface area (Å²) in [5.74, 6) is 2.46. The maximum atomic E-state index is 12.4. The Kier molecular flexibility index (Phi) is 9.40. The van der Waals surface area contributed by atoms with E-state index in [1.165, 1.54) is 0 Å². The normalized spacial score (nSPS) is 20.9. The van der Waals surface area contributed by atoms with Crippen LogP contribution in [0.5, 0.6) is 0 Å². The van der Waals surface area contributed by atoms with Crippen molar-refractivity contribution >= 4 is 25.8 Å². The number of carbonyl (C=O) groups excluding carboxylic acids is 1. The van der Waals surface area contributed by atoms with E-state index in [1.54, 1.807) is 5.32 Å². The zero-order chi connectivity index (χ0) is 26.6. The topological polar surface area (TPSA) is 112 Å². The highest BCUT2D eigenvalue weighted by atomic mass is 35.5. The molecular formula is C21H29ClF3N3O6Si. The summed E-state index contributed by atoms with van der Waals surface area (Å²) in [5.41, 5.74) is -1.78. The quantitative estimate of drug-likeness (QED) is 0.313. The van der Waals surface area contributed by atoms with E-state index < -0.39 is 56.6 Å². The van der Waals surface area contributed by atoms with Gasteiger partial charge in [0.1, 0.15) is 24.0 Å². The van der Waals surface area contributed by atoms with Gasteiger partial charge in [-0.05, 0) is 18.1 Å². The van der Waals surface area contributed by atoms with Gasteiger partial charge in [-0.1, -0.05) is 44.2 Å². The van der Waals surface area contributed by atoms with Gasteiger partial charge >= 0.3 is 17.8 Å². The molecule has 2 N–H and O–H groups in total. The molecule has 0 aromatic carbocycles. The lowest BCUT2D eigenvalue weighted by Crippen LogP contribution is -2.44. The van der Waals surface area contributed by atoms with Gasteiger partial charge in [0, 0.05) is 12.6 Å². The fourth-order valence-corrected chi connectivity index (χ4v) is 4.11. The molecule has 1 fully saturated rings. The summed E-state index contributed by atoms with van der Waals surface area (Å²) in [6, 6.07) is -0.0990. The van der Waals surface area contributed by atoms with Crippen LogP contribution in [0.3, 0.4) is 0 Å². The van der Waals surface area contributed by atoms with E-state index in [-0.39, 0.29) is 29.7 Å². The lowest BCUT2D eigenvalue weighted by molar-refractivity contribution is -0.173. The number of halogens is 4. The first kappa shape index (κ1) is 29.1. The van der Waals surface area contributed by atoms with Crippen LogP contribution in [-0.2, 0) is 18.7 Å². The molecule has 0 aliphatic carbocycles. The minimum Gasteiger partial charge on any atom is -0.414 e. The Hall–Kier alpha value is -2.11. The Morgan fingerprint density at radius 3 is 2.57 bits per heavy atom. The van der Waals surface area contributed by atoms with Gasteiger partial charge in [0.15, 0.2) is 8.32 Å². The van der Waals surface area contributed by atoms with Crippen molar-refractivity contribution in [2.75, 3.05) is 19.2 Å². The van der Waals surface area contributed by atoms with Crippen LogP contribution < -0.4 is 16.6 Å². The fourth-order valence-electron chi connectivity index (χ4n) is 2.94. The van der Waals surface area contributed by atoms with Crippen molar-refractivity contribution in [2.24, 2.45) is 0 Å². The van der Waals surface area contributed by atoms with E-state index in [4.69, 9.17) is 25.5 Å². The van der Waals surface area contributed by atoms with Gasteiger partial charge in [0.25, 0.3) is 5.56 Å². The smallest absolute Gasteiger partial charge is 0.414 e. The summed E-state index contributed by atoms with van der Waals surface area (Å²) in [5, 5.41) is 1.54. The molecule has 1 amide bonds. The number of aromatic amines is 1. The Morgan fingerprint density at radius 1 is 1.34 bits per heavy atom. The first-order valence-corrected chi connectivity index (χ1v) is 14.2. The second-order valence-electron chi connectivity index (χ2n) is 9.44. The fraction of sp³-hybridized carbons (Fsp3) is 0.667. The highest BCUT2D eigenvalue weighted by Crippen LogP contribution is 2.38. The van der Waals surface area contributed by atoms with E-state index in [2.05, 4.69) is 50.7 Å². The Labute approximate surface area is 206 Å². The van der Waals surface area contributed by atoms with Gasteiger partial charge in [-0.2, -0.15) is 13.2 Å². The van der Waals surface area contributed by atoms with Gasteiger partial charge in [0.2, 0.25) is 0 Å². The van der Waals surface area contributed by atoms with Crippen LogP contribution in [0.2, 0.25) is 18.1 Å². The van der Waals surface area contributed by atoms with Crippen molar-refractivity contribution < 1.29 is 31.9 Å². The number of nitrogens with zero attached hydrogens (tertiary/aromatic N) is 1. The second-order valence-corrected chi connectivity index (χ2v) is 14.5. The summed E-state index contributed by atoms with van der Waals surface area (Å²) in [6.07, 6.45) is -5.49. The van der Waals surface area contributed by atoms with Crippen LogP contribution in [0.15, 0.2) is 15.8 Å². The van der Waals surface area contributed by atoms with Crippen molar-refractivity contribution in [1.29, 1.82) is 0 Å². The number of carbonyl (C=O) groups is 1. The predicted octanol–water partition coefficient (Wildman–Crippen LogP) is 2.46. The summed E-state index contributed by atoms with van der Waals surface area (Å²) >= 11 is 5.76. The summed E-state index contributed by atoms with van der Waals surface area (Å²) in [4.78, 5) is 37.5. The van der Waals surface area contributed by atoms with Crippen LogP contribution in [0.25, 0.3) is 0 Å². The predicted molar refractivity (Wildman–Crippen MR) is 125 cm³/mol. The molecule has 0 saturated carbocycles. The third-order valence-electron chi connectivity index (χ3n) is 5.97. The van der Waals surface area contributed by atoms with Crippen molar-refractivity contribution in [3.8, 4) is 11.8 Å². The Morgan fingerprint density at radius 2 is 2.00 bits per heavy atom. The van der Waals surface area contributed by atoms with Crippen LogP contribution >= 0.6 is 11.6 Å². The first-order valence-electron chi connectivity index (χ1n) is 10.7. The molecule has 35 heavy (non-hydrogen) atoms. The summed E-state index contributed by atoms with van der Waals surface area (Å²) in [7, 11) is -2.10. The number of hydrogen-bond acceptors (Lipinski definition) is 6. The van der Waals surface area contributed by atoms with Crippen molar-refractivity contribution in [3.63, 3.8) is 0 Å². The Bertz CT molecular complexity index is 1090. The number of hydrogen-bond donors (Lipinski definition) is 2. The molecule has 196 valence electrons. The van der Waals surface area contributed by atoms with E-state index in [0.717, 1.165) is 10.8 Å². The molecule has 0 radical (unpaired) electrons. The molecule has 0 bridgehead atoms.